The number of hydrogen-bond donors (Lipinski definition) is 0. The molecule has 250 valence electrons. The van der Waals surface area contributed by atoms with Crippen molar-refractivity contribution >= 4 is 224 Å². The molecule has 0 N–H and O–H groups in total. The molecule has 0 saturated carbocycles. The third-order valence-corrected chi connectivity index (χ3v) is 20.0. The molecule has 45 heavy (non-hydrogen) atoms. The molecule has 0 atom stereocenters. The van der Waals surface area contributed by atoms with Gasteiger partial charge in [-0.05, 0) is 250 Å². The van der Waals surface area contributed by atoms with Crippen LogP contribution in [0.25, 0.3) is 0 Å². The smallest absolute Gasteiger partial charge is 0.202 e. The van der Waals surface area contributed by atoms with Crippen molar-refractivity contribution in [3.05, 3.63) is 68.5 Å². The van der Waals surface area contributed by atoms with Crippen molar-refractivity contribution in [1.82, 2.24) is 0 Å². The first-order valence-corrected chi connectivity index (χ1v) is 23.3. The predicted octanol–water partition coefficient (Wildman–Crippen LogP) is 13.1. The maximum atomic E-state index is 15.4. The highest BCUT2D eigenvalue weighted by Crippen LogP contribution is 2.76. The average molecular weight is 1700 g/mol. The molecule has 0 spiro atoms. The van der Waals surface area contributed by atoms with Crippen molar-refractivity contribution in [2.75, 3.05) is 0 Å². The third-order valence-electron chi connectivity index (χ3n) is 5.37. The predicted molar refractivity (Wildman–Crippen MR) is 227 cm³/mol. The standard InChI is InChI=1S/C22H6F9I9O3S2/c23-19(24,21(27,28)29)20(25,26)22(30,31)45(41,42)43-44(16-10(35)1-7(32)2-11(16)36,17-12(37)3-8(33)4-13(17)38)18-14(39)5-9(34)6-15(18)40/h1-6H. The van der Waals surface area contributed by atoms with Gasteiger partial charge in [0.15, 0.2) is 0 Å². The first-order chi connectivity index (χ1) is 20.2. The highest BCUT2D eigenvalue weighted by atomic mass is 127. The maximum Gasteiger partial charge on any atom is 0.460 e. The summed E-state index contributed by atoms with van der Waals surface area (Å²) in [5, 5.41) is -7.07. The van der Waals surface area contributed by atoms with Gasteiger partial charge in [0.1, 0.15) is 0 Å². The van der Waals surface area contributed by atoms with Gasteiger partial charge >= 0.3 is 33.4 Å². The summed E-state index contributed by atoms with van der Waals surface area (Å²) in [7, 11) is -11.6. The number of rotatable bonds is 8. The SMILES string of the molecule is O=S(=O)(OS(c1c(I)cc(I)cc1I)(c1c(I)cc(I)cc1I)c1c(I)cc(I)cc1I)C(F)(F)C(F)(F)C(F)(F)C(F)(F)F. The molecule has 0 aliphatic heterocycles. The second-order valence-electron chi connectivity index (χ2n) is 8.34. The lowest BCUT2D eigenvalue weighted by Crippen LogP contribution is -2.63. The lowest BCUT2D eigenvalue weighted by atomic mass is 10.1. The van der Waals surface area contributed by atoms with Gasteiger partial charge in [0.25, 0.3) is 0 Å². The van der Waals surface area contributed by atoms with Crippen molar-refractivity contribution in [2.24, 2.45) is 0 Å². The molecule has 3 aromatic rings. The molecule has 23 heteroatoms. The molecule has 0 radical (unpaired) electrons. The average Bonchev–Trinajstić information content (AvgIpc) is 2.80. The number of alkyl halides is 9. The normalized spacial score (nSPS) is 14.2. The summed E-state index contributed by atoms with van der Waals surface area (Å²) >= 11 is 16.5. The van der Waals surface area contributed by atoms with Gasteiger partial charge in [0.05, 0.1) is 0 Å². The van der Waals surface area contributed by atoms with E-state index in [0.717, 1.165) is 0 Å². The van der Waals surface area contributed by atoms with Gasteiger partial charge < -0.3 is 0 Å². The molecule has 3 nitrogen and oxygen atoms in total. The largest absolute Gasteiger partial charge is 0.460 e. The molecule has 0 aliphatic carbocycles. The van der Waals surface area contributed by atoms with E-state index < -0.39 is 43.7 Å². The Morgan fingerprint density at radius 2 is 0.711 bits per heavy atom. The maximum absolute atomic E-state index is 15.4. The zero-order chi connectivity index (χ0) is 34.9. The minimum Gasteiger partial charge on any atom is -0.202 e. The van der Waals surface area contributed by atoms with E-state index in [9.17, 15) is 39.2 Å². The Morgan fingerprint density at radius 1 is 0.467 bits per heavy atom. The number of benzene rings is 3. The van der Waals surface area contributed by atoms with Crippen LogP contribution < -0.4 is 0 Å². The summed E-state index contributed by atoms with van der Waals surface area (Å²) in [5.41, 5.74) is 0. The highest BCUT2D eigenvalue weighted by Gasteiger charge is 2.86. The van der Waals surface area contributed by atoms with Gasteiger partial charge in [-0.15, -0.1) is 0 Å². The molecule has 3 rings (SSSR count). The van der Waals surface area contributed by atoms with Crippen LogP contribution in [0, 0.1) is 32.1 Å². The van der Waals surface area contributed by atoms with Crippen LogP contribution in [-0.2, 0) is 13.7 Å². The Kier molecular flexibility index (Phi) is 14.7. The van der Waals surface area contributed by atoms with Crippen molar-refractivity contribution in [3.63, 3.8) is 0 Å². The zero-order valence-electron chi connectivity index (χ0n) is 20.3. The van der Waals surface area contributed by atoms with Gasteiger partial charge in [0.2, 0.25) is 0 Å². The molecule has 0 fully saturated rings. The molecule has 0 bridgehead atoms. The van der Waals surface area contributed by atoms with Crippen LogP contribution in [0.3, 0.4) is 0 Å². The molecule has 0 saturated heterocycles. The molecule has 0 heterocycles. The minimum atomic E-state index is -7.48. The van der Waals surface area contributed by atoms with E-state index in [0.29, 0.717) is 10.7 Å². The quantitative estimate of drug-likeness (QED) is 0.167. The van der Waals surface area contributed by atoms with E-state index in [-0.39, 0.29) is 36.1 Å². The second kappa shape index (κ2) is 15.3. The van der Waals surface area contributed by atoms with Crippen molar-refractivity contribution < 1.29 is 51.6 Å². The lowest BCUT2D eigenvalue weighted by Gasteiger charge is -2.44. The van der Waals surface area contributed by atoms with Crippen LogP contribution in [-0.4, -0.2) is 31.7 Å². The molecular formula is C22H6F9I9O3S2. The minimum absolute atomic E-state index is 0.0662. The Morgan fingerprint density at radius 3 is 0.933 bits per heavy atom. The van der Waals surface area contributed by atoms with Crippen molar-refractivity contribution in [3.8, 4) is 0 Å². The second-order valence-corrected chi connectivity index (χ2v) is 23.3. The zero-order valence-corrected chi connectivity index (χ0v) is 41.4. The first kappa shape index (κ1) is 43.3. The molecule has 0 amide bonds. The van der Waals surface area contributed by atoms with E-state index in [4.69, 9.17) is 3.63 Å². The van der Waals surface area contributed by atoms with Crippen LogP contribution in [0.2, 0.25) is 0 Å². The molecule has 0 aliphatic rings. The van der Waals surface area contributed by atoms with Gasteiger partial charge in [-0.2, -0.15) is 47.9 Å². The van der Waals surface area contributed by atoms with Crippen LogP contribution in [0.5, 0.6) is 0 Å². The van der Waals surface area contributed by atoms with E-state index in [1.165, 1.54) is 36.4 Å². The lowest BCUT2D eigenvalue weighted by molar-refractivity contribution is -0.382. The molecule has 3 aromatic carbocycles. The Labute approximate surface area is 374 Å². The summed E-state index contributed by atoms with van der Waals surface area (Å²) in [4.78, 5) is -0.199. The van der Waals surface area contributed by atoms with Crippen molar-refractivity contribution in [1.29, 1.82) is 0 Å². The van der Waals surface area contributed by atoms with Crippen LogP contribution >= 0.6 is 214 Å². The van der Waals surface area contributed by atoms with E-state index >= 15 is 8.78 Å². The Bertz CT molecular complexity index is 1580. The molecular weight excluding hydrogens is 1690 g/mol. The fourth-order valence-corrected chi connectivity index (χ4v) is 25.1. The molecule has 0 unspecified atom stereocenters. The Hall–Kier alpha value is 3.86. The summed E-state index contributed by atoms with van der Waals surface area (Å²) in [5.74, 6) is -14.9. The van der Waals surface area contributed by atoms with Crippen LogP contribution in [0.15, 0.2) is 51.1 Å². The van der Waals surface area contributed by atoms with Gasteiger partial charge in [0, 0.05) is 46.8 Å². The van der Waals surface area contributed by atoms with Gasteiger partial charge in [-0.3, -0.25) is 0 Å². The molecule has 0 aromatic heterocycles. The monoisotopic (exact) mass is 1700 g/mol. The third kappa shape index (κ3) is 8.04. The van der Waals surface area contributed by atoms with Crippen LogP contribution in [0.1, 0.15) is 0 Å². The summed E-state index contributed by atoms with van der Waals surface area (Å²) in [6.07, 6.45) is -7.23. The number of hydrogen-bond acceptors (Lipinski definition) is 3. The first-order valence-electron chi connectivity index (χ1n) is 10.6. The fraction of sp³-hybridized carbons (Fsp3) is 0.182. The van der Waals surface area contributed by atoms with E-state index in [1.807, 2.05) is 67.8 Å². The van der Waals surface area contributed by atoms with Gasteiger partial charge in [-0.1, -0.05) is 0 Å². The van der Waals surface area contributed by atoms with E-state index in [1.54, 1.807) is 136 Å². The summed E-state index contributed by atoms with van der Waals surface area (Å²) in [6, 6.07) is 9.17. The summed E-state index contributed by atoms with van der Waals surface area (Å²) in [6.45, 7) is 0. The summed E-state index contributed by atoms with van der Waals surface area (Å²) < 4.78 is 163. The van der Waals surface area contributed by atoms with Gasteiger partial charge in [-0.25, -0.2) is 3.63 Å². The topological polar surface area (TPSA) is 43.4 Å². The number of halogens is 18. The fourth-order valence-electron chi connectivity index (χ4n) is 3.51. The van der Waals surface area contributed by atoms with E-state index in [2.05, 4.69) is 0 Å². The van der Waals surface area contributed by atoms with Crippen molar-refractivity contribution in [2.45, 2.75) is 38.0 Å². The Balaban J connectivity index is 2.69. The van der Waals surface area contributed by atoms with Crippen LogP contribution in [0.4, 0.5) is 39.5 Å². The highest BCUT2D eigenvalue weighted by molar-refractivity contribution is 14.1.